The minimum absolute atomic E-state index is 0.0379. The van der Waals surface area contributed by atoms with E-state index < -0.39 is 26.9 Å². The van der Waals surface area contributed by atoms with Crippen LogP contribution in [-0.4, -0.2) is 68.8 Å². The zero-order valence-corrected chi connectivity index (χ0v) is 12.0. The van der Waals surface area contributed by atoms with E-state index in [2.05, 4.69) is 20.3 Å². The number of nitrogens with one attached hydrogen (secondary N) is 1. The normalized spacial score (nSPS) is 10.5. The maximum atomic E-state index is 9.16. The molecule has 1 rings (SSSR count). The highest BCUT2D eigenvalue weighted by atomic mass is 16.3. The Morgan fingerprint density at radius 1 is 0.857 bits per heavy atom. The van der Waals surface area contributed by atoms with Gasteiger partial charge >= 0.3 is 0 Å². The molecule has 0 spiro atoms. The Morgan fingerprint density at radius 2 is 1.33 bits per heavy atom. The van der Waals surface area contributed by atoms with Crippen LogP contribution >= 0.6 is 0 Å². The van der Waals surface area contributed by atoms with Crippen molar-refractivity contribution in [3.63, 3.8) is 0 Å². The lowest BCUT2D eigenvalue weighted by Gasteiger charge is -2.21. The van der Waals surface area contributed by atoms with Crippen LogP contribution in [0.25, 0.3) is 0 Å². The van der Waals surface area contributed by atoms with Gasteiger partial charge in [0, 0.05) is 6.54 Å². The lowest BCUT2D eigenvalue weighted by Crippen LogP contribution is -2.31. The molecule has 0 radical (unpaired) electrons. The van der Waals surface area contributed by atoms with Gasteiger partial charge < -0.3 is 25.7 Å². The molecule has 10 heteroatoms. The van der Waals surface area contributed by atoms with Crippen LogP contribution in [0.4, 0.5) is 17.8 Å². The predicted molar refractivity (Wildman–Crippen MR) is 76.5 cm³/mol. The predicted octanol–water partition coefficient (Wildman–Crippen LogP) is -1.50. The Morgan fingerprint density at radius 3 is 1.71 bits per heavy atom. The average molecular weight is 302 g/mol. The summed E-state index contributed by atoms with van der Waals surface area (Å²) in [6.45, 7) is 0.777. The molecular formula is C11H22N6O4. The SMILES string of the molecule is CCCCNc1nc(N(CO)CO)nc(N(CO)CO)n1. The summed E-state index contributed by atoms with van der Waals surface area (Å²) in [7, 11) is 0. The fourth-order valence-electron chi connectivity index (χ4n) is 1.44. The van der Waals surface area contributed by atoms with Gasteiger partial charge in [-0.25, -0.2) is 0 Å². The molecular weight excluding hydrogens is 280 g/mol. The van der Waals surface area contributed by atoms with E-state index in [1.807, 2.05) is 6.92 Å². The van der Waals surface area contributed by atoms with Gasteiger partial charge in [-0.15, -0.1) is 0 Å². The number of hydrogen-bond acceptors (Lipinski definition) is 10. The molecule has 5 N–H and O–H groups in total. The van der Waals surface area contributed by atoms with E-state index in [0.717, 1.165) is 22.6 Å². The summed E-state index contributed by atoms with van der Waals surface area (Å²) in [4.78, 5) is 14.4. The highest BCUT2D eigenvalue weighted by Crippen LogP contribution is 2.15. The maximum Gasteiger partial charge on any atom is 0.235 e. The third kappa shape index (κ3) is 4.93. The molecule has 21 heavy (non-hydrogen) atoms. The van der Waals surface area contributed by atoms with Gasteiger partial charge in [-0.05, 0) is 6.42 Å². The minimum atomic E-state index is -0.480. The van der Waals surface area contributed by atoms with Crippen molar-refractivity contribution < 1.29 is 20.4 Å². The number of nitrogens with zero attached hydrogens (tertiary/aromatic N) is 5. The van der Waals surface area contributed by atoms with Crippen molar-refractivity contribution in [1.29, 1.82) is 0 Å². The molecule has 0 amide bonds. The van der Waals surface area contributed by atoms with E-state index >= 15 is 0 Å². The summed E-state index contributed by atoms with van der Waals surface area (Å²) < 4.78 is 0. The van der Waals surface area contributed by atoms with Gasteiger partial charge in [-0.3, -0.25) is 9.80 Å². The van der Waals surface area contributed by atoms with Crippen LogP contribution in [0.3, 0.4) is 0 Å². The molecule has 0 aliphatic carbocycles. The summed E-state index contributed by atoms with van der Waals surface area (Å²) in [6, 6.07) is 0. The highest BCUT2D eigenvalue weighted by molar-refractivity contribution is 5.44. The third-order valence-electron chi connectivity index (χ3n) is 2.67. The van der Waals surface area contributed by atoms with Gasteiger partial charge in [-0.1, -0.05) is 13.3 Å². The van der Waals surface area contributed by atoms with Crippen molar-refractivity contribution in [2.75, 3.05) is 48.6 Å². The number of hydrogen-bond donors (Lipinski definition) is 5. The summed E-state index contributed by atoms with van der Waals surface area (Å²) >= 11 is 0. The van der Waals surface area contributed by atoms with E-state index in [-0.39, 0.29) is 17.8 Å². The molecule has 0 atom stereocenters. The van der Waals surface area contributed by atoms with Gasteiger partial charge in [0.15, 0.2) is 0 Å². The second kappa shape index (κ2) is 9.23. The zero-order valence-electron chi connectivity index (χ0n) is 12.0. The van der Waals surface area contributed by atoms with E-state index in [0.29, 0.717) is 6.54 Å². The van der Waals surface area contributed by atoms with Crippen LogP contribution in [0.2, 0.25) is 0 Å². The van der Waals surface area contributed by atoms with Gasteiger partial charge in [0.1, 0.15) is 26.9 Å². The lowest BCUT2D eigenvalue weighted by molar-refractivity contribution is 0.217. The first kappa shape index (κ1) is 17.3. The maximum absolute atomic E-state index is 9.16. The first-order chi connectivity index (χ1) is 10.2. The number of anilines is 3. The average Bonchev–Trinajstić information content (AvgIpc) is 2.50. The van der Waals surface area contributed by atoms with E-state index in [4.69, 9.17) is 20.4 Å². The second-order valence-corrected chi connectivity index (χ2v) is 4.18. The van der Waals surface area contributed by atoms with Crippen LogP contribution in [0.1, 0.15) is 19.8 Å². The second-order valence-electron chi connectivity index (χ2n) is 4.18. The Balaban J connectivity index is 3.06. The monoisotopic (exact) mass is 302 g/mol. The number of rotatable bonds is 10. The molecule has 1 aromatic heterocycles. The molecule has 10 nitrogen and oxygen atoms in total. The van der Waals surface area contributed by atoms with Crippen molar-refractivity contribution in [2.24, 2.45) is 0 Å². The first-order valence-corrected chi connectivity index (χ1v) is 6.63. The van der Waals surface area contributed by atoms with Gasteiger partial charge in [0.2, 0.25) is 17.8 Å². The molecule has 0 bridgehead atoms. The van der Waals surface area contributed by atoms with Crippen LogP contribution in [0.15, 0.2) is 0 Å². The molecule has 0 aromatic carbocycles. The Kier molecular flexibility index (Phi) is 7.61. The van der Waals surface area contributed by atoms with E-state index in [1.54, 1.807) is 0 Å². The Hall–Kier alpha value is -1.75. The fraction of sp³-hybridized carbons (Fsp3) is 0.727. The number of aliphatic hydroxyl groups is 4. The third-order valence-corrected chi connectivity index (χ3v) is 2.67. The number of aliphatic hydroxyl groups excluding tert-OH is 4. The van der Waals surface area contributed by atoms with E-state index in [1.165, 1.54) is 0 Å². The minimum Gasteiger partial charge on any atom is -0.376 e. The number of aromatic nitrogens is 3. The van der Waals surface area contributed by atoms with Gasteiger partial charge in [0.05, 0.1) is 0 Å². The molecule has 0 saturated heterocycles. The number of unbranched alkanes of at least 4 members (excludes halogenated alkanes) is 1. The standard InChI is InChI=1S/C11H22N6O4/c1-2-3-4-12-9-13-10(16(5-18)6-19)15-11(14-9)17(7-20)8-21/h18-21H,2-8H2,1H3,(H,12,13,14,15). The van der Waals surface area contributed by atoms with Crippen LogP contribution < -0.4 is 15.1 Å². The molecule has 0 unspecified atom stereocenters. The molecule has 120 valence electrons. The summed E-state index contributed by atoms with van der Waals surface area (Å²) in [6.07, 6.45) is 1.92. The lowest BCUT2D eigenvalue weighted by atomic mass is 10.3. The summed E-state index contributed by atoms with van der Waals surface area (Å²) in [5.74, 6) is 0.314. The van der Waals surface area contributed by atoms with Gasteiger partial charge in [-0.2, -0.15) is 15.0 Å². The molecule has 0 aliphatic rings. The van der Waals surface area contributed by atoms with Crippen LogP contribution in [0, 0.1) is 0 Å². The zero-order chi connectivity index (χ0) is 15.7. The highest BCUT2D eigenvalue weighted by Gasteiger charge is 2.15. The molecule has 0 aliphatic heterocycles. The molecule has 1 heterocycles. The van der Waals surface area contributed by atoms with Gasteiger partial charge in [0.25, 0.3) is 0 Å². The summed E-state index contributed by atoms with van der Waals surface area (Å²) in [5, 5.41) is 39.6. The Bertz CT molecular complexity index is 383. The van der Waals surface area contributed by atoms with Crippen LogP contribution in [0.5, 0.6) is 0 Å². The van der Waals surface area contributed by atoms with Crippen molar-refractivity contribution in [1.82, 2.24) is 15.0 Å². The summed E-state index contributed by atoms with van der Waals surface area (Å²) in [5.41, 5.74) is 0. The Labute approximate surface area is 122 Å². The molecule has 0 saturated carbocycles. The fourth-order valence-corrected chi connectivity index (χ4v) is 1.44. The smallest absolute Gasteiger partial charge is 0.235 e. The largest absolute Gasteiger partial charge is 0.376 e. The quantitative estimate of drug-likeness (QED) is 0.256. The first-order valence-electron chi connectivity index (χ1n) is 6.63. The van der Waals surface area contributed by atoms with E-state index in [9.17, 15) is 0 Å². The van der Waals surface area contributed by atoms with Crippen molar-refractivity contribution in [3.8, 4) is 0 Å². The van der Waals surface area contributed by atoms with Crippen molar-refractivity contribution in [2.45, 2.75) is 19.8 Å². The molecule has 0 fully saturated rings. The van der Waals surface area contributed by atoms with Crippen molar-refractivity contribution >= 4 is 17.8 Å². The van der Waals surface area contributed by atoms with Crippen molar-refractivity contribution in [3.05, 3.63) is 0 Å². The topological polar surface area (TPSA) is 138 Å². The molecule has 1 aromatic rings. The van der Waals surface area contributed by atoms with Crippen LogP contribution in [-0.2, 0) is 0 Å².